The topological polar surface area (TPSA) is 24.9 Å². The predicted molar refractivity (Wildman–Crippen MR) is 74.7 cm³/mol. The molecule has 0 aliphatic heterocycles. The van der Waals surface area contributed by atoms with Crippen molar-refractivity contribution in [2.24, 2.45) is 5.41 Å². The number of nitrogens with one attached hydrogen (secondary N) is 1. The van der Waals surface area contributed by atoms with Crippen LogP contribution in [0.5, 0.6) is 0 Å². The molecule has 3 rings (SSSR count). The Hall–Kier alpha value is -1.09. The minimum atomic E-state index is 0.401. The fraction of sp³-hybridized carbons (Fsp3) is 0.500. The molecule has 1 unspecified atom stereocenters. The molecule has 1 aliphatic carbocycles. The molecule has 1 saturated carbocycles. The summed E-state index contributed by atoms with van der Waals surface area (Å²) >= 11 is 1.76. The Kier molecular flexibility index (Phi) is 2.58. The van der Waals surface area contributed by atoms with Crippen LogP contribution in [0, 0.1) is 5.41 Å². The molecule has 1 aromatic heterocycles. The summed E-state index contributed by atoms with van der Waals surface area (Å²) in [5, 5.41) is 4.70. The van der Waals surface area contributed by atoms with Crippen LogP contribution in [0.1, 0.15) is 33.1 Å². The van der Waals surface area contributed by atoms with Crippen LogP contribution in [-0.2, 0) is 0 Å². The number of thiazole rings is 1. The molecule has 90 valence electrons. The SMILES string of the molecule is CC1(C)CCCC1Nc1nc2ccccc2s1. The fourth-order valence-electron chi connectivity index (χ4n) is 2.68. The second-order valence-electron chi connectivity index (χ2n) is 5.56. The summed E-state index contributed by atoms with van der Waals surface area (Å²) < 4.78 is 1.27. The molecule has 1 atom stereocenters. The van der Waals surface area contributed by atoms with Crippen LogP contribution in [0.15, 0.2) is 24.3 Å². The van der Waals surface area contributed by atoms with Gasteiger partial charge in [-0.15, -0.1) is 0 Å². The van der Waals surface area contributed by atoms with E-state index in [-0.39, 0.29) is 0 Å². The van der Waals surface area contributed by atoms with Gasteiger partial charge in [0.15, 0.2) is 5.13 Å². The molecule has 2 nitrogen and oxygen atoms in total. The number of benzene rings is 1. The Morgan fingerprint density at radius 3 is 2.88 bits per heavy atom. The molecular formula is C14H18N2S. The van der Waals surface area contributed by atoms with Crippen molar-refractivity contribution >= 4 is 26.7 Å². The summed E-state index contributed by atoms with van der Waals surface area (Å²) in [6.45, 7) is 4.70. The molecule has 1 N–H and O–H groups in total. The molecule has 1 heterocycles. The van der Waals surface area contributed by atoms with Gasteiger partial charge >= 0.3 is 0 Å². The zero-order valence-corrected chi connectivity index (χ0v) is 11.2. The lowest BCUT2D eigenvalue weighted by atomic mass is 9.87. The van der Waals surface area contributed by atoms with E-state index in [1.165, 1.54) is 24.0 Å². The Morgan fingerprint density at radius 1 is 1.35 bits per heavy atom. The number of aromatic nitrogens is 1. The van der Waals surface area contributed by atoms with E-state index in [4.69, 9.17) is 0 Å². The molecule has 3 heteroatoms. The van der Waals surface area contributed by atoms with Crippen LogP contribution in [0.4, 0.5) is 5.13 Å². The van der Waals surface area contributed by atoms with Gasteiger partial charge in [0.1, 0.15) is 0 Å². The molecule has 0 spiro atoms. The zero-order chi connectivity index (χ0) is 11.9. The van der Waals surface area contributed by atoms with E-state index in [0.29, 0.717) is 11.5 Å². The highest BCUT2D eigenvalue weighted by molar-refractivity contribution is 7.22. The monoisotopic (exact) mass is 246 g/mol. The molecule has 2 aromatic rings. The third-order valence-corrected chi connectivity index (χ3v) is 4.82. The van der Waals surface area contributed by atoms with Crippen molar-refractivity contribution in [2.45, 2.75) is 39.2 Å². The summed E-state index contributed by atoms with van der Waals surface area (Å²) in [4.78, 5) is 4.65. The summed E-state index contributed by atoms with van der Waals surface area (Å²) in [6, 6.07) is 8.91. The van der Waals surface area contributed by atoms with Gasteiger partial charge in [-0.2, -0.15) is 0 Å². The van der Waals surface area contributed by atoms with Crippen molar-refractivity contribution in [3.8, 4) is 0 Å². The fourth-order valence-corrected chi connectivity index (χ4v) is 3.60. The van der Waals surface area contributed by atoms with Gasteiger partial charge in [-0.05, 0) is 30.4 Å². The van der Waals surface area contributed by atoms with E-state index < -0.39 is 0 Å². The van der Waals surface area contributed by atoms with Gasteiger partial charge in [-0.3, -0.25) is 0 Å². The lowest BCUT2D eigenvalue weighted by molar-refractivity contribution is 0.350. The van der Waals surface area contributed by atoms with Crippen LogP contribution < -0.4 is 5.32 Å². The Labute approximate surface area is 106 Å². The van der Waals surface area contributed by atoms with E-state index in [2.05, 4.69) is 42.3 Å². The summed E-state index contributed by atoms with van der Waals surface area (Å²) in [7, 11) is 0. The second-order valence-corrected chi connectivity index (χ2v) is 6.60. The molecule has 17 heavy (non-hydrogen) atoms. The van der Waals surface area contributed by atoms with Gasteiger partial charge in [0.25, 0.3) is 0 Å². The van der Waals surface area contributed by atoms with Gasteiger partial charge in [0.05, 0.1) is 10.2 Å². The van der Waals surface area contributed by atoms with Crippen molar-refractivity contribution in [3.63, 3.8) is 0 Å². The number of anilines is 1. The molecule has 0 amide bonds. The van der Waals surface area contributed by atoms with Gasteiger partial charge in [0.2, 0.25) is 0 Å². The highest BCUT2D eigenvalue weighted by Crippen LogP contribution is 2.40. The third-order valence-electron chi connectivity index (χ3n) is 3.85. The van der Waals surface area contributed by atoms with Crippen LogP contribution >= 0.6 is 11.3 Å². The highest BCUT2D eigenvalue weighted by Gasteiger charge is 2.34. The molecule has 1 fully saturated rings. The average molecular weight is 246 g/mol. The minimum Gasteiger partial charge on any atom is -0.358 e. The first-order valence-corrected chi connectivity index (χ1v) is 7.09. The molecule has 0 radical (unpaired) electrons. The smallest absolute Gasteiger partial charge is 0.184 e. The highest BCUT2D eigenvalue weighted by atomic mass is 32.1. The number of hydrogen-bond donors (Lipinski definition) is 1. The molecule has 0 bridgehead atoms. The number of nitrogens with zero attached hydrogens (tertiary/aromatic N) is 1. The largest absolute Gasteiger partial charge is 0.358 e. The van der Waals surface area contributed by atoms with Gasteiger partial charge in [-0.1, -0.05) is 43.7 Å². The summed E-state index contributed by atoms with van der Waals surface area (Å²) in [5.41, 5.74) is 1.51. The summed E-state index contributed by atoms with van der Waals surface area (Å²) in [5.74, 6) is 0. The number of rotatable bonds is 2. The van der Waals surface area contributed by atoms with Gasteiger partial charge in [-0.25, -0.2) is 4.98 Å². The van der Waals surface area contributed by atoms with E-state index in [9.17, 15) is 0 Å². The summed E-state index contributed by atoms with van der Waals surface area (Å²) in [6.07, 6.45) is 3.91. The standard InChI is InChI=1S/C14H18N2S/c1-14(2)9-5-8-12(14)16-13-15-10-6-3-4-7-11(10)17-13/h3-4,6-7,12H,5,8-9H2,1-2H3,(H,15,16). The van der Waals surface area contributed by atoms with E-state index >= 15 is 0 Å². The lowest BCUT2D eigenvalue weighted by Crippen LogP contribution is -2.30. The Bertz CT molecular complexity index is 497. The number of fused-ring (bicyclic) bond motifs is 1. The third kappa shape index (κ3) is 2.04. The van der Waals surface area contributed by atoms with E-state index in [0.717, 1.165) is 10.6 Å². The Balaban J connectivity index is 1.85. The van der Waals surface area contributed by atoms with E-state index in [1.54, 1.807) is 11.3 Å². The second kappa shape index (κ2) is 3.98. The minimum absolute atomic E-state index is 0.401. The first kappa shape index (κ1) is 11.0. The number of para-hydroxylation sites is 1. The average Bonchev–Trinajstić information content (AvgIpc) is 2.82. The first-order valence-electron chi connectivity index (χ1n) is 6.27. The first-order chi connectivity index (χ1) is 8.15. The molecule has 1 aromatic carbocycles. The normalized spacial score (nSPS) is 23.1. The van der Waals surface area contributed by atoms with Crippen LogP contribution in [0.2, 0.25) is 0 Å². The Morgan fingerprint density at radius 2 is 2.18 bits per heavy atom. The van der Waals surface area contributed by atoms with Crippen LogP contribution in [0.25, 0.3) is 10.2 Å². The van der Waals surface area contributed by atoms with Crippen molar-refractivity contribution in [2.75, 3.05) is 5.32 Å². The van der Waals surface area contributed by atoms with E-state index in [1.807, 2.05) is 6.07 Å². The van der Waals surface area contributed by atoms with Gasteiger partial charge < -0.3 is 5.32 Å². The number of hydrogen-bond acceptors (Lipinski definition) is 3. The molecule has 1 aliphatic rings. The maximum Gasteiger partial charge on any atom is 0.184 e. The van der Waals surface area contributed by atoms with Crippen LogP contribution in [0.3, 0.4) is 0 Å². The van der Waals surface area contributed by atoms with Crippen LogP contribution in [-0.4, -0.2) is 11.0 Å². The molecule has 0 saturated heterocycles. The molecular weight excluding hydrogens is 228 g/mol. The van der Waals surface area contributed by atoms with Gasteiger partial charge in [0, 0.05) is 6.04 Å². The van der Waals surface area contributed by atoms with Crippen molar-refractivity contribution in [3.05, 3.63) is 24.3 Å². The van der Waals surface area contributed by atoms with Crippen molar-refractivity contribution < 1.29 is 0 Å². The quantitative estimate of drug-likeness (QED) is 0.855. The zero-order valence-electron chi connectivity index (χ0n) is 10.4. The maximum atomic E-state index is 4.65. The van der Waals surface area contributed by atoms with Crippen molar-refractivity contribution in [1.29, 1.82) is 0 Å². The maximum absolute atomic E-state index is 4.65. The predicted octanol–water partition coefficient (Wildman–Crippen LogP) is 4.29. The van der Waals surface area contributed by atoms with Crippen molar-refractivity contribution in [1.82, 2.24) is 4.98 Å². The lowest BCUT2D eigenvalue weighted by Gasteiger charge is -2.27.